The maximum atomic E-state index is 12.9. The predicted molar refractivity (Wildman–Crippen MR) is 107 cm³/mol. The molecular weight excluding hydrogens is 378 g/mol. The van der Waals surface area contributed by atoms with Gasteiger partial charge in [-0.1, -0.05) is 13.8 Å². The summed E-state index contributed by atoms with van der Waals surface area (Å²) < 4.78 is 27.3. The molecule has 1 aliphatic heterocycles. The third-order valence-corrected chi connectivity index (χ3v) is 6.77. The van der Waals surface area contributed by atoms with Crippen molar-refractivity contribution >= 4 is 27.4 Å². The van der Waals surface area contributed by atoms with Crippen molar-refractivity contribution in [3.63, 3.8) is 0 Å². The summed E-state index contributed by atoms with van der Waals surface area (Å²) in [5, 5.41) is 2.69. The minimum atomic E-state index is -3.55. The number of ketones is 1. The number of carbonyl (C=O) groups is 2. The Bertz CT molecular complexity index is 969. The van der Waals surface area contributed by atoms with Gasteiger partial charge in [-0.25, -0.2) is 8.42 Å². The van der Waals surface area contributed by atoms with Crippen LogP contribution in [0.15, 0.2) is 41.4 Å². The summed E-state index contributed by atoms with van der Waals surface area (Å²) in [6.07, 6.45) is 2.51. The summed E-state index contributed by atoms with van der Waals surface area (Å²) in [6.45, 7) is 6.60. The molecule has 0 spiro atoms. The summed E-state index contributed by atoms with van der Waals surface area (Å²) in [7, 11) is -3.55. The first-order chi connectivity index (χ1) is 13.2. The Morgan fingerprint density at radius 2 is 1.71 bits per heavy atom. The number of benzene rings is 1. The van der Waals surface area contributed by atoms with E-state index in [0.717, 1.165) is 6.42 Å². The molecule has 0 bridgehead atoms. The number of hydrogen-bond donors (Lipinski definition) is 2. The number of aromatic nitrogens is 1. The number of anilines is 1. The fraction of sp³-hybridized carbons (Fsp3) is 0.400. The summed E-state index contributed by atoms with van der Waals surface area (Å²) in [5.41, 5.74) is 1.16. The minimum absolute atomic E-state index is 0.133. The first-order valence-electron chi connectivity index (χ1n) is 9.27. The Hall–Kier alpha value is -2.45. The molecule has 0 aliphatic carbocycles. The molecule has 1 amide bonds. The maximum Gasteiger partial charge on any atom is 0.272 e. The van der Waals surface area contributed by atoms with Crippen LogP contribution in [0.2, 0.25) is 0 Å². The Kier molecular flexibility index (Phi) is 5.71. The number of carbonyl (C=O) groups excluding carboxylic acids is 2. The van der Waals surface area contributed by atoms with Gasteiger partial charge < -0.3 is 10.3 Å². The first kappa shape index (κ1) is 20.3. The highest BCUT2D eigenvalue weighted by Crippen LogP contribution is 2.27. The van der Waals surface area contributed by atoms with Crippen LogP contribution in [0, 0.1) is 11.8 Å². The zero-order valence-corrected chi connectivity index (χ0v) is 17.0. The van der Waals surface area contributed by atoms with Gasteiger partial charge in [0.05, 0.1) is 4.90 Å². The van der Waals surface area contributed by atoms with E-state index in [0.29, 0.717) is 36.2 Å². The van der Waals surface area contributed by atoms with E-state index in [4.69, 9.17) is 0 Å². The highest BCUT2D eigenvalue weighted by molar-refractivity contribution is 7.89. The molecule has 0 saturated carbocycles. The summed E-state index contributed by atoms with van der Waals surface area (Å²) >= 11 is 0. The lowest BCUT2D eigenvalue weighted by Crippen LogP contribution is -2.42. The molecule has 1 fully saturated rings. The van der Waals surface area contributed by atoms with E-state index in [9.17, 15) is 18.0 Å². The van der Waals surface area contributed by atoms with Gasteiger partial charge in [-0.2, -0.15) is 4.31 Å². The lowest BCUT2D eigenvalue weighted by molar-refractivity contribution is 0.101. The lowest BCUT2D eigenvalue weighted by atomic mass is 9.94. The molecule has 2 heterocycles. The van der Waals surface area contributed by atoms with Crippen molar-refractivity contribution in [1.82, 2.24) is 9.29 Å². The molecule has 3 rings (SSSR count). The average Bonchev–Trinajstić information content (AvgIpc) is 3.12. The van der Waals surface area contributed by atoms with Crippen LogP contribution in [0.25, 0.3) is 0 Å². The minimum Gasteiger partial charge on any atom is -0.356 e. The molecule has 1 saturated heterocycles. The summed E-state index contributed by atoms with van der Waals surface area (Å²) in [4.78, 5) is 26.6. The molecule has 150 valence electrons. The first-order valence-corrected chi connectivity index (χ1v) is 10.7. The van der Waals surface area contributed by atoms with Gasteiger partial charge >= 0.3 is 0 Å². The third-order valence-electron chi connectivity index (χ3n) is 4.92. The normalized spacial score (nSPS) is 20.7. The van der Waals surface area contributed by atoms with E-state index in [1.54, 1.807) is 16.4 Å². The second kappa shape index (κ2) is 7.89. The number of rotatable bonds is 5. The lowest BCUT2D eigenvalue weighted by Gasteiger charge is -2.34. The van der Waals surface area contributed by atoms with Crippen LogP contribution in [0.4, 0.5) is 5.69 Å². The second-order valence-electron chi connectivity index (χ2n) is 7.60. The van der Waals surface area contributed by atoms with Gasteiger partial charge in [-0.15, -0.1) is 0 Å². The van der Waals surface area contributed by atoms with E-state index in [2.05, 4.69) is 24.1 Å². The molecule has 7 nitrogen and oxygen atoms in total. The highest BCUT2D eigenvalue weighted by atomic mass is 32.2. The molecule has 8 heteroatoms. The smallest absolute Gasteiger partial charge is 0.272 e. The second-order valence-corrected chi connectivity index (χ2v) is 9.54. The Morgan fingerprint density at radius 1 is 1.11 bits per heavy atom. The molecule has 1 aliphatic rings. The van der Waals surface area contributed by atoms with Crippen LogP contribution in [-0.4, -0.2) is 42.5 Å². The van der Waals surface area contributed by atoms with Crippen LogP contribution in [0.5, 0.6) is 0 Å². The third kappa shape index (κ3) is 4.34. The van der Waals surface area contributed by atoms with Crippen molar-refractivity contribution in [2.75, 3.05) is 18.4 Å². The number of nitrogens with one attached hydrogen (secondary N) is 2. The van der Waals surface area contributed by atoms with Crippen molar-refractivity contribution < 1.29 is 18.0 Å². The number of amides is 1. The predicted octanol–water partition coefficient (Wildman–Crippen LogP) is 3.14. The largest absolute Gasteiger partial charge is 0.356 e. The summed E-state index contributed by atoms with van der Waals surface area (Å²) in [5.74, 6) is 0.128. The molecule has 1 aromatic carbocycles. The molecule has 1 aromatic heterocycles. The zero-order valence-electron chi connectivity index (χ0n) is 16.2. The van der Waals surface area contributed by atoms with E-state index >= 15 is 0 Å². The number of sulfonamides is 1. The average molecular weight is 404 g/mol. The monoisotopic (exact) mass is 403 g/mol. The molecule has 2 aromatic rings. The SMILES string of the molecule is CC(=O)c1c[nH]c(C(=O)Nc2ccc(S(=O)(=O)N3C[C@H](C)C[C@H](C)C3)cc2)c1. The highest BCUT2D eigenvalue weighted by Gasteiger charge is 2.31. The van der Waals surface area contributed by atoms with Crippen molar-refractivity contribution in [2.45, 2.75) is 32.1 Å². The van der Waals surface area contributed by atoms with Gasteiger partial charge in [0.2, 0.25) is 10.0 Å². The van der Waals surface area contributed by atoms with Crippen molar-refractivity contribution in [3.8, 4) is 0 Å². The fourth-order valence-corrected chi connectivity index (χ4v) is 5.27. The Labute approximate surface area is 165 Å². The van der Waals surface area contributed by atoms with Crippen molar-refractivity contribution in [3.05, 3.63) is 47.8 Å². The van der Waals surface area contributed by atoms with E-state index in [1.807, 2.05) is 0 Å². The van der Waals surface area contributed by atoms with Crippen LogP contribution >= 0.6 is 0 Å². The number of hydrogen-bond acceptors (Lipinski definition) is 4. The Balaban J connectivity index is 1.72. The molecule has 2 N–H and O–H groups in total. The van der Waals surface area contributed by atoms with Crippen LogP contribution in [-0.2, 0) is 10.0 Å². The van der Waals surface area contributed by atoms with Crippen LogP contribution in [0.1, 0.15) is 48.0 Å². The quantitative estimate of drug-likeness (QED) is 0.749. The van der Waals surface area contributed by atoms with Crippen LogP contribution in [0.3, 0.4) is 0 Å². The number of aromatic amines is 1. The molecule has 2 atom stereocenters. The topological polar surface area (TPSA) is 99.3 Å². The molecule has 28 heavy (non-hydrogen) atoms. The summed E-state index contributed by atoms with van der Waals surface area (Å²) in [6, 6.07) is 7.62. The van der Waals surface area contributed by atoms with Crippen molar-refractivity contribution in [1.29, 1.82) is 0 Å². The number of piperidine rings is 1. The van der Waals surface area contributed by atoms with Gasteiger partial charge in [0.25, 0.3) is 5.91 Å². The molecule has 0 radical (unpaired) electrons. The van der Waals surface area contributed by atoms with Gasteiger partial charge in [0.15, 0.2) is 5.78 Å². The molecule has 0 unspecified atom stereocenters. The number of Topliss-reactive ketones (excluding diaryl/α,β-unsaturated/α-hetero) is 1. The molecular formula is C20H25N3O4S. The van der Waals surface area contributed by atoms with E-state index < -0.39 is 15.9 Å². The number of H-pyrrole nitrogens is 1. The zero-order chi connectivity index (χ0) is 20.5. The van der Waals surface area contributed by atoms with Gasteiger partial charge in [0.1, 0.15) is 5.69 Å². The van der Waals surface area contributed by atoms with Gasteiger partial charge in [-0.05, 0) is 55.5 Å². The van der Waals surface area contributed by atoms with Crippen molar-refractivity contribution in [2.24, 2.45) is 11.8 Å². The Morgan fingerprint density at radius 3 is 2.25 bits per heavy atom. The fourth-order valence-electron chi connectivity index (χ4n) is 3.59. The number of nitrogens with zero attached hydrogens (tertiary/aromatic N) is 1. The maximum absolute atomic E-state index is 12.9. The van der Waals surface area contributed by atoms with E-state index in [1.165, 1.54) is 31.3 Å². The van der Waals surface area contributed by atoms with Gasteiger partial charge in [0, 0.05) is 30.5 Å². The standard InChI is InChI=1S/C20H25N3O4S/c1-13-8-14(2)12-23(11-13)28(26,27)18-6-4-17(5-7-18)22-20(25)19-9-16(10-21-19)15(3)24/h4-7,9-10,13-14,21H,8,11-12H2,1-3H3,(H,22,25)/t13-,14+. The van der Waals surface area contributed by atoms with E-state index in [-0.39, 0.29) is 16.4 Å². The van der Waals surface area contributed by atoms with Gasteiger partial charge in [-0.3, -0.25) is 9.59 Å². The van der Waals surface area contributed by atoms with Crippen LogP contribution < -0.4 is 5.32 Å².